The van der Waals surface area contributed by atoms with Crippen molar-refractivity contribution < 1.29 is 0 Å². The first-order valence-electron chi connectivity index (χ1n) is 5.03. The Balaban J connectivity index is 2.07. The monoisotopic (exact) mass is 234 g/mol. The van der Waals surface area contributed by atoms with Crippen LogP contribution in [-0.4, -0.2) is 9.97 Å². The van der Waals surface area contributed by atoms with Crippen molar-refractivity contribution in [3.05, 3.63) is 33.9 Å². The molecule has 3 N–H and O–H groups in total. The summed E-state index contributed by atoms with van der Waals surface area (Å²) >= 11 is 1.64. The summed E-state index contributed by atoms with van der Waals surface area (Å²) in [6.45, 7) is 4.59. The summed E-state index contributed by atoms with van der Waals surface area (Å²) in [7, 11) is 0. The molecule has 0 radical (unpaired) electrons. The maximum absolute atomic E-state index is 5.82. The molecular formula is C11H14N4S. The predicted octanol–water partition coefficient (Wildman–Crippen LogP) is 2.35. The Morgan fingerprint density at radius 1 is 1.25 bits per heavy atom. The summed E-state index contributed by atoms with van der Waals surface area (Å²) in [6.07, 6.45) is 0. The van der Waals surface area contributed by atoms with Gasteiger partial charge in [0.05, 0.1) is 12.2 Å². The predicted molar refractivity (Wildman–Crippen MR) is 67.6 cm³/mol. The molecule has 0 aromatic carbocycles. The number of thiazole rings is 1. The molecule has 0 saturated carbocycles. The van der Waals surface area contributed by atoms with Gasteiger partial charge >= 0.3 is 0 Å². The van der Waals surface area contributed by atoms with Crippen molar-refractivity contribution in [2.45, 2.75) is 20.4 Å². The zero-order valence-electron chi connectivity index (χ0n) is 9.32. The molecule has 0 aliphatic heterocycles. The minimum absolute atomic E-state index is 0.666. The molecule has 0 aliphatic rings. The summed E-state index contributed by atoms with van der Waals surface area (Å²) in [5.74, 6) is 0.729. The first-order valence-corrected chi connectivity index (χ1v) is 5.91. The molecular weight excluding hydrogens is 220 g/mol. The summed E-state index contributed by atoms with van der Waals surface area (Å²) in [4.78, 5) is 8.70. The van der Waals surface area contributed by atoms with Crippen molar-refractivity contribution in [1.82, 2.24) is 9.97 Å². The lowest BCUT2D eigenvalue weighted by atomic mass is 10.3. The lowest BCUT2D eigenvalue weighted by Crippen LogP contribution is -2.05. The Labute approximate surface area is 98.6 Å². The lowest BCUT2D eigenvalue weighted by molar-refractivity contribution is 1.05. The zero-order chi connectivity index (χ0) is 11.5. The summed E-state index contributed by atoms with van der Waals surface area (Å²) in [6, 6.07) is 3.76. The van der Waals surface area contributed by atoms with Crippen molar-refractivity contribution >= 4 is 22.8 Å². The summed E-state index contributed by atoms with van der Waals surface area (Å²) in [5, 5.41) is 6.27. The second-order valence-corrected chi connectivity index (χ2v) is 4.57. The molecule has 0 spiro atoms. The lowest BCUT2D eigenvalue weighted by Gasteiger charge is -2.07. The average Bonchev–Trinajstić information content (AvgIpc) is 2.66. The number of pyridine rings is 1. The molecule has 0 amide bonds. The topological polar surface area (TPSA) is 63.8 Å². The summed E-state index contributed by atoms with van der Waals surface area (Å²) in [5.41, 5.74) is 8.48. The zero-order valence-corrected chi connectivity index (χ0v) is 10.1. The van der Waals surface area contributed by atoms with Crippen molar-refractivity contribution in [2.24, 2.45) is 0 Å². The number of hydrogen-bond acceptors (Lipinski definition) is 5. The number of nitrogens with one attached hydrogen (secondary N) is 1. The van der Waals surface area contributed by atoms with Gasteiger partial charge in [-0.2, -0.15) is 0 Å². The third-order valence-electron chi connectivity index (χ3n) is 2.14. The van der Waals surface area contributed by atoms with E-state index < -0.39 is 0 Å². The third kappa shape index (κ3) is 2.49. The quantitative estimate of drug-likeness (QED) is 0.855. The van der Waals surface area contributed by atoms with E-state index in [1.165, 1.54) is 0 Å². The SMILES string of the molecule is Cc1csc(CNc2nc(C)ccc2N)n1. The second kappa shape index (κ2) is 4.49. The highest BCUT2D eigenvalue weighted by Crippen LogP contribution is 2.17. The molecule has 2 aromatic heterocycles. The molecule has 16 heavy (non-hydrogen) atoms. The van der Waals surface area contributed by atoms with Gasteiger partial charge in [0, 0.05) is 16.8 Å². The maximum atomic E-state index is 5.82. The van der Waals surface area contributed by atoms with Gasteiger partial charge in [-0.1, -0.05) is 0 Å². The standard InChI is InChI=1S/C11H14N4S/c1-7-3-4-9(12)11(15-7)13-5-10-14-8(2)6-16-10/h3-4,6H,5,12H2,1-2H3,(H,13,15). The highest BCUT2D eigenvalue weighted by molar-refractivity contribution is 7.09. The van der Waals surface area contributed by atoms with Crippen molar-refractivity contribution in [3.8, 4) is 0 Å². The Hall–Kier alpha value is -1.62. The number of anilines is 2. The van der Waals surface area contributed by atoms with E-state index in [-0.39, 0.29) is 0 Å². The van der Waals surface area contributed by atoms with Gasteiger partial charge in [-0.25, -0.2) is 9.97 Å². The van der Waals surface area contributed by atoms with Gasteiger partial charge < -0.3 is 11.1 Å². The van der Waals surface area contributed by atoms with Crippen LogP contribution in [0.15, 0.2) is 17.5 Å². The van der Waals surface area contributed by atoms with E-state index >= 15 is 0 Å². The highest BCUT2D eigenvalue weighted by Gasteiger charge is 2.02. The van der Waals surface area contributed by atoms with Gasteiger partial charge in [0.25, 0.3) is 0 Å². The summed E-state index contributed by atoms with van der Waals surface area (Å²) < 4.78 is 0. The molecule has 2 aromatic rings. The van der Waals surface area contributed by atoms with E-state index in [2.05, 4.69) is 15.3 Å². The largest absolute Gasteiger partial charge is 0.396 e. The van der Waals surface area contributed by atoms with Crippen LogP contribution in [0.1, 0.15) is 16.4 Å². The molecule has 0 unspecified atom stereocenters. The Morgan fingerprint density at radius 3 is 2.75 bits per heavy atom. The van der Waals surface area contributed by atoms with Crippen LogP contribution >= 0.6 is 11.3 Å². The van der Waals surface area contributed by atoms with E-state index in [1.54, 1.807) is 11.3 Å². The van der Waals surface area contributed by atoms with E-state index in [0.29, 0.717) is 12.2 Å². The van der Waals surface area contributed by atoms with Crippen molar-refractivity contribution in [2.75, 3.05) is 11.1 Å². The number of nitrogens with two attached hydrogens (primary N) is 1. The smallest absolute Gasteiger partial charge is 0.149 e. The first-order chi connectivity index (χ1) is 7.65. The molecule has 0 saturated heterocycles. The van der Waals surface area contributed by atoms with Gasteiger partial charge in [-0.05, 0) is 26.0 Å². The number of aryl methyl sites for hydroxylation is 2. The molecule has 2 rings (SSSR count). The third-order valence-corrected chi connectivity index (χ3v) is 3.11. The van der Waals surface area contributed by atoms with Crippen molar-refractivity contribution in [1.29, 1.82) is 0 Å². The van der Waals surface area contributed by atoms with Crippen LogP contribution in [0, 0.1) is 13.8 Å². The minimum Gasteiger partial charge on any atom is -0.396 e. The first kappa shape index (κ1) is 10.9. The van der Waals surface area contributed by atoms with Gasteiger partial charge in [0.2, 0.25) is 0 Å². The fourth-order valence-electron chi connectivity index (χ4n) is 1.35. The van der Waals surface area contributed by atoms with E-state index in [9.17, 15) is 0 Å². The number of aromatic nitrogens is 2. The van der Waals surface area contributed by atoms with Gasteiger partial charge in [-0.15, -0.1) is 11.3 Å². The van der Waals surface area contributed by atoms with Gasteiger partial charge in [-0.3, -0.25) is 0 Å². The molecule has 84 valence electrons. The number of rotatable bonds is 3. The Kier molecular flexibility index (Phi) is 3.05. The van der Waals surface area contributed by atoms with Crippen molar-refractivity contribution in [3.63, 3.8) is 0 Å². The second-order valence-electron chi connectivity index (χ2n) is 3.63. The molecule has 4 nitrogen and oxygen atoms in total. The minimum atomic E-state index is 0.666. The Bertz CT molecular complexity index is 492. The molecule has 0 fully saturated rings. The number of nitrogen functional groups attached to an aromatic ring is 1. The van der Waals surface area contributed by atoms with Gasteiger partial charge in [0.15, 0.2) is 0 Å². The number of nitrogens with zero attached hydrogens (tertiary/aromatic N) is 2. The fourth-order valence-corrected chi connectivity index (χ4v) is 2.06. The van der Waals surface area contributed by atoms with Gasteiger partial charge in [0.1, 0.15) is 10.8 Å². The molecule has 0 atom stereocenters. The molecule has 5 heteroatoms. The fraction of sp³-hybridized carbons (Fsp3) is 0.273. The maximum Gasteiger partial charge on any atom is 0.149 e. The average molecular weight is 234 g/mol. The van der Waals surface area contributed by atoms with Crippen LogP contribution in [0.25, 0.3) is 0 Å². The van der Waals surface area contributed by atoms with E-state index in [1.807, 2.05) is 31.4 Å². The van der Waals surface area contributed by atoms with Crippen LogP contribution in [0.3, 0.4) is 0 Å². The number of hydrogen-bond donors (Lipinski definition) is 2. The van der Waals surface area contributed by atoms with Crippen LogP contribution in [0.5, 0.6) is 0 Å². The highest BCUT2D eigenvalue weighted by atomic mass is 32.1. The van der Waals surface area contributed by atoms with E-state index in [0.717, 1.165) is 22.2 Å². The van der Waals surface area contributed by atoms with Crippen LogP contribution in [0.4, 0.5) is 11.5 Å². The van der Waals surface area contributed by atoms with Crippen LogP contribution in [-0.2, 0) is 6.54 Å². The normalized spacial score (nSPS) is 10.4. The van der Waals surface area contributed by atoms with E-state index in [4.69, 9.17) is 5.73 Å². The van der Waals surface area contributed by atoms with Crippen LogP contribution in [0.2, 0.25) is 0 Å². The van der Waals surface area contributed by atoms with Crippen LogP contribution < -0.4 is 11.1 Å². The molecule has 2 heterocycles. The Morgan fingerprint density at radius 2 is 2.06 bits per heavy atom. The molecule has 0 aliphatic carbocycles. The molecule has 0 bridgehead atoms.